The van der Waals surface area contributed by atoms with E-state index in [0.717, 1.165) is 0 Å². The van der Waals surface area contributed by atoms with Gasteiger partial charge in [0.2, 0.25) is 25.1 Å². The lowest BCUT2D eigenvalue weighted by atomic mass is 10.2. The van der Waals surface area contributed by atoms with Gasteiger partial charge in [-0.1, -0.05) is 0 Å². The molecular weight excluding hydrogens is 433 g/mol. The van der Waals surface area contributed by atoms with Crippen molar-refractivity contribution in [3.63, 3.8) is 0 Å². The molecule has 1 N–H and O–H groups in total. The van der Waals surface area contributed by atoms with E-state index < -0.39 is 45.9 Å². The van der Waals surface area contributed by atoms with Crippen molar-refractivity contribution in [2.75, 3.05) is 0 Å². The number of aliphatic carboxylic acids is 1. The number of carbonyl (C=O) groups is 1. The average Bonchev–Trinajstić information content (AvgIpc) is 2.29. The van der Waals surface area contributed by atoms with Crippen molar-refractivity contribution >= 4 is 50.4 Å². The second-order valence-corrected chi connectivity index (χ2v) is 25.6. The minimum atomic E-state index is -2.29. The molecule has 0 fully saturated rings. The van der Waals surface area contributed by atoms with E-state index in [1.807, 2.05) is 72.0 Å². The molecule has 12 heteroatoms. The van der Waals surface area contributed by atoms with Gasteiger partial charge in [-0.15, -0.1) is 0 Å². The fourth-order valence-corrected chi connectivity index (χ4v) is 6.55. The van der Waals surface area contributed by atoms with Gasteiger partial charge in [-0.3, -0.25) is 0 Å². The standard InChI is InChI=1S/C15H38O7Si5/c1-24(2)19-14(18-23)12(13(16)17)15(20-25(3,4)5,21-26(6,7)8)22-27(9,10)11/h24H,1-11,23H3,(H,16,17). The first-order chi connectivity index (χ1) is 11.8. The zero-order valence-electron chi connectivity index (χ0n) is 19.0. The van der Waals surface area contributed by atoms with Gasteiger partial charge < -0.3 is 27.2 Å². The molecule has 7 nitrogen and oxygen atoms in total. The number of hydrogen-bond acceptors (Lipinski definition) is 6. The monoisotopic (exact) mass is 470 g/mol. The molecule has 0 saturated carbocycles. The van der Waals surface area contributed by atoms with Crippen LogP contribution in [-0.2, 0) is 26.9 Å². The topological polar surface area (TPSA) is 83.5 Å². The average molecular weight is 471 g/mol. The molecule has 0 amide bonds. The van der Waals surface area contributed by atoms with Crippen molar-refractivity contribution < 1.29 is 32.0 Å². The molecule has 0 aromatic carbocycles. The van der Waals surface area contributed by atoms with Gasteiger partial charge in [0.05, 0.1) is 0 Å². The molecule has 0 saturated heterocycles. The lowest BCUT2D eigenvalue weighted by Gasteiger charge is -2.45. The molecular formula is C15H38O7Si5. The van der Waals surface area contributed by atoms with Crippen LogP contribution in [0.2, 0.25) is 72.0 Å². The van der Waals surface area contributed by atoms with E-state index in [0.29, 0.717) is 0 Å². The molecule has 0 unspecified atom stereocenters. The Labute approximate surface area is 172 Å². The summed E-state index contributed by atoms with van der Waals surface area (Å²) in [5, 5.41) is 10.1. The predicted octanol–water partition coefficient (Wildman–Crippen LogP) is 2.79. The van der Waals surface area contributed by atoms with Crippen LogP contribution in [-0.4, -0.2) is 61.5 Å². The molecule has 0 aliphatic carbocycles. The summed E-state index contributed by atoms with van der Waals surface area (Å²) in [6.07, 6.45) is 0. The Morgan fingerprint density at radius 2 is 1.19 bits per heavy atom. The van der Waals surface area contributed by atoms with Gasteiger partial charge in [0.15, 0.2) is 25.0 Å². The maximum absolute atomic E-state index is 12.4. The maximum Gasteiger partial charge on any atom is 0.346 e. The van der Waals surface area contributed by atoms with Crippen molar-refractivity contribution in [1.82, 2.24) is 0 Å². The van der Waals surface area contributed by atoms with Crippen LogP contribution in [0.15, 0.2) is 11.5 Å². The summed E-state index contributed by atoms with van der Waals surface area (Å²) in [6.45, 7) is 21.7. The first-order valence-corrected chi connectivity index (χ1v) is 22.9. The van der Waals surface area contributed by atoms with Gasteiger partial charge in [-0.05, 0) is 72.0 Å². The first kappa shape index (κ1) is 26.8. The van der Waals surface area contributed by atoms with Crippen LogP contribution in [0, 0.1) is 0 Å². The molecule has 160 valence electrons. The number of carboxylic acid groups (broad SMARTS) is 1. The van der Waals surface area contributed by atoms with Gasteiger partial charge in [0.25, 0.3) is 11.9 Å². The third-order valence-electron chi connectivity index (χ3n) is 2.57. The molecule has 0 radical (unpaired) electrons. The van der Waals surface area contributed by atoms with E-state index in [2.05, 4.69) is 0 Å². The van der Waals surface area contributed by atoms with E-state index in [1.165, 1.54) is 0 Å². The van der Waals surface area contributed by atoms with Gasteiger partial charge in [0, 0.05) is 0 Å². The Kier molecular flexibility index (Phi) is 9.44. The van der Waals surface area contributed by atoms with Gasteiger partial charge in [-0.2, -0.15) is 0 Å². The van der Waals surface area contributed by atoms with Crippen molar-refractivity contribution in [3.05, 3.63) is 11.5 Å². The number of hydrogen-bond donors (Lipinski definition) is 1. The van der Waals surface area contributed by atoms with Crippen LogP contribution in [0.5, 0.6) is 0 Å². The SMILES string of the molecule is C[SiH](C)OC(O[SiH3])=C(C(=O)O)C(O[Si](C)(C)C)(O[Si](C)(C)C)O[Si](C)(C)C. The lowest BCUT2D eigenvalue weighted by molar-refractivity contribution is -0.244. The van der Waals surface area contributed by atoms with E-state index in [9.17, 15) is 9.90 Å². The summed E-state index contributed by atoms with van der Waals surface area (Å²) in [4.78, 5) is 12.4. The largest absolute Gasteiger partial charge is 0.529 e. The van der Waals surface area contributed by atoms with Gasteiger partial charge in [0.1, 0.15) is 0 Å². The first-order valence-electron chi connectivity index (χ1n) is 9.11. The smallest absolute Gasteiger partial charge is 0.346 e. The number of carboxylic acids is 1. The number of rotatable bonds is 11. The van der Waals surface area contributed by atoms with Crippen molar-refractivity contribution in [2.24, 2.45) is 0 Å². The Morgan fingerprint density at radius 3 is 1.37 bits per heavy atom. The quantitative estimate of drug-likeness (QED) is 0.215. The van der Waals surface area contributed by atoms with Crippen LogP contribution in [0.25, 0.3) is 0 Å². The summed E-state index contributed by atoms with van der Waals surface area (Å²) in [5.74, 6) is -3.09. The highest BCUT2D eigenvalue weighted by atomic mass is 28.4. The van der Waals surface area contributed by atoms with Crippen LogP contribution >= 0.6 is 0 Å². The Bertz CT molecular complexity index is 503. The molecule has 27 heavy (non-hydrogen) atoms. The summed E-state index contributed by atoms with van der Waals surface area (Å²) < 4.78 is 30.4. The van der Waals surface area contributed by atoms with E-state index >= 15 is 0 Å². The summed E-state index contributed by atoms with van der Waals surface area (Å²) in [5.41, 5.74) is -0.217. The molecule has 0 bridgehead atoms. The Balaban J connectivity index is 6.92. The molecule has 0 atom stereocenters. The normalized spacial score (nSPS) is 15.0. The maximum atomic E-state index is 12.4. The highest BCUT2D eigenvalue weighted by molar-refractivity contribution is 6.72. The van der Waals surface area contributed by atoms with Gasteiger partial charge in [-0.25, -0.2) is 4.79 Å². The fraction of sp³-hybridized carbons (Fsp3) is 0.800. The Morgan fingerprint density at radius 1 is 0.852 bits per heavy atom. The van der Waals surface area contributed by atoms with Crippen molar-refractivity contribution in [1.29, 1.82) is 0 Å². The minimum Gasteiger partial charge on any atom is -0.529 e. The molecule has 0 aromatic heterocycles. The second-order valence-electron chi connectivity index (χ2n) is 9.54. The van der Waals surface area contributed by atoms with Crippen LogP contribution in [0.3, 0.4) is 0 Å². The summed E-state index contributed by atoms with van der Waals surface area (Å²) >= 11 is 0. The zero-order valence-corrected chi connectivity index (χ0v) is 25.1. The van der Waals surface area contributed by atoms with Crippen LogP contribution < -0.4 is 0 Å². The minimum absolute atomic E-state index is 0.0365. The lowest BCUT2D eigenvalue weighted by Crippen LogP contribution is -2.58. The highest BCUT2D eigenvalue weighted by Crippen LogP contribution is 2.37. The molecule has 0 aromatic rings. The summed E-state index contributed by atoms with van der Waals surface area (Å²) in [7, 11) is -8.23. The Hall–Kier alpha value is -0.226. The molecule has 0 spiro atoms. The highest BCUT2D eigenvalue weighted by Gasteiger charge is 2.53. The fourth-order valence-electron chi connectivity index (χ4n) is 2.19. The second kappa shape index (κ2) is 9.52. The van der Waals surface area contributed by atoms with E-state index in [4.69, 9.17) is 22.1 Å². The van der Waals surface area contributed by atoms with E-state index in [-0.39, 0.29) is 22.0 Å². The summed E-state index contributed by atoms with van der Waals surface area (Å²) in [6, 6.07) is 0. The van der Waals surface area contributed by atoms with Crippen molar-refractivity contribution in [3.8, 4) is 0 Å². The predicted molar refractivity (Wildman–Crippen MR) is 122 cm³/mol. The third-order valence-corrected chi connectivity index (χ3v) is 6.27. The molecule has 0 rings (SSSR count). The molecule has 0 heterocycles. The molecule has 0 aliphatic rings. The van der Waals surface area contributed by atoms with E-state index in [1.54, 1.807) is 0 Å². The molecule has 0 aliphatic heterocycles. The third kappa shape index (κ3) is 10.2. The van der Waals surface area contributed by atoms with Crippen LogP contribution in [0.1, 0.15) is 0 Å². The van der Waals surface area contributed by atoms with Gasteiger partial charge >= 0.3 is 5.97 Å². The zero-order chi connectivity index (χ0) is 21.8. The van der Waals surface area contributed by atoms with Crippen LogP contribution in [0.4, 0.5) is 0 Å². The van der Waals surface area contributed by atoms with Crippen molar-refractivity contribution in [2.45, 2.75) is 78.0 Å².